The molecule has 4 heteroatoms. The minimum atomic E-state index is -0.583. The van der Waals surface area contributed by atoms with Gasteiger partial charge >= 0.3 is 6.16 Å². The minimum Gasteiger partial charge on any atom is -0.434 e. The molecular weight excluding hydrogens is 192 g/mol. The van der Waals surface area contributed by atoms with Gasteiger partial charge in [-0.2, -0.15) is 0 Å². The van der Waals surface area contributed by atoms with Gasteiger partial charge in [-0.15, -0.1) is 11.6 Å². The van der Waals surface area contributed by atoms with Gasteiger partial charge < -0.3 is 9.47 Å². The van der Waals surface area contributed by atoms with Crippen molar-refractivity contribution in [1.29, 1.82) is 0 Å². The second kappa shape index (κ2) is 8.17. The number of ether oxygens (including phenoxy) is 2. The van der Waals surface area contributed by atoms with Crippen molar-refractivity contribution in [1.82, 2.24) is 0 Å². The van der Waals surface area contributed by atoms with E-state index < -0.39 is 6.16 Å². The van der Waals surface area contributed by atoms with E-state index in [-0.39, 0.29) is 6.10 Å². The first-order valence-corrected chi connectivity index (χ1v) is 5.09. The van der Waals surface area contributed by atoms with E-state index in [1.54, 1.807) is 13.8 Å². The summed E-state index contributed by atoms with van der Waals surface area (Å²) in [5.74, 6) is 0.663. The summed E-state index contributed by atoms with van der Waals surface area (Å²) < 4.78 is 9.56. The molecular formula is C9H17ClO3. The smallest absolute Gasteiger partial charge is 0.434 e. The van der Waals surface area contributed by atoms with Crippen molar-refractivity contribution in [3.8, 4) is 0 Å². The van der Waals surface area contributed by atoms with Gasteiger partial charge in [-0.3, -0.25) is 0 Å². The molecule has 0 saturated heterocycles. The summed E-state index contributed by atoms with van der Waals surface area (Å²) in [7, 11) is 0. The van der Waals surface area contributed by atoms with Gasteiger partial charge in [-0.25, -0.2) is 4.79 Å². The van der Waals surface area contributed by atoms with E-state index in [4.69, 9.17) is 21.1 Å². The van der Waals surface area contributed by atoms with Crippen LogP contribution in [0.5, 0.6) is 0 Å². The number of carbonyl (C=O) groups excluding carboxylic acids is 1. The maximum atomic E-state index is 10.8. The molecule has 0 N–H and O–H groups in total. The van der Waals surface area contributed by atoms with Gasteiger partial charge in [0.1, 0.15) is 0 Å². The van der Waals surface area contributed by atoms with Crippen LogP contribution in [0.3, 0.4) is 0 Å². The highest BCUT2D eigenvalue weighted by molar-refractivity contribution is 6.17. The molecule has 0 fully saturated rings. The Hall–Kier alpha value is -0.440. The molecule has 0 aliphatic heterocycles. The van der Waals surface area contributed by atoms with Crippen LogP contribution in [0.25, 0.3) is 0 Å². The van der Waals surface area contributed by atoms with E-state index in [0.717, 1.165) is 19.3 Å². The lowest BCUT2D eigenvalue weighted by atomic mass is 10.3. The molecule has 0 bridgehead atoms. The molecule has 0 saturated carbocycles. The van der Waals surface area contributed by atoms with Gasteiger partial charge in [-0.05, 0) is 33.1 Å². The molecule has 0 unspecified atom stereocenters. The molecule has 0 radical (unpaired) electrons. The molecule has 0 atom stereocenters. The lowest BCUT2D eigenvalue weighted by Gasteiger charge is -2.07. The number of hydrogen-bond donors (Lipinski definition) is 0. The predicted octanol–water partition coefficient (Wildman–Crippen LogP) is 2.96. The van der Waals surface area contributed by atoms with Gasteiger partial charge in [0, 0.05) is 5.88 Å². The molecule has 0 aromatic heterocycles. The minimum absolute atomic E-state index is 0.115. The number of rotatable bonds is 6. The lowest BCUT2D eigenvalue weighted by molar-refractivity contribution is 0.0337. The van der Waals surface area contributed by atoms with Crippen molar-refractivity contribution in [2.45, 2.75) is 39.2 Å². The Labute approximate surface area is 84.4 Å². The van der Waals surface area contributed by atoms with Crippen LogP contribution in [0.2, 0.25) is 0 Å². The third-order valence-electron chi connectivity index (χ3n) is 1.33. The predicted molar refractivity (Wildman–Crippen MR) is 52.1 cm³/mol. The summed E-state index contributed by atoms with van der Waals surface area (Å²) in [5, 5.41) is 0. The van der Waals surface area contributed by atoms with Crippen LogP contribution in [0.1, 0.15) is 33.1 Å². The second-order valence-corrected chi connectivity index (χ2v) is 3.39. The Morgan fingerprint density at radius 3 is 2.54 bits per heavy atom. The van der Waals surface area contributed by atoms with Crippen molar-refractivity contribution < 1.29 is 14.3 Å². The van der Waals surface area contributed by atoms with E-state index >= 15 is 0 Å². The number of hydrogen-bond acceptors (Lipinski definition) is 3. The van der Waals surface area contributed by atoms with Crippen molar-refractivity contribution >= 4 is 17.8 Å². The standard InChI is InChI=1S/C9H17ClO3/c1-8(2)13-9(11)12-7-5-3-4-6-10/h8H,3-7H2,1-2H3. The fraction of sp³-hybridized carbons (Fsp3) is 0.889. The molecule has 0 aromatic rings. The zero-order valence-corrected chi connectivity index (χ0v) is 8.97. The number of halogens is 1. The van der Waals surface area contributed by atoms with Crippen molar-refractivity contribution in [3.63, 3.8) is 0 Å². The third-order valence-corrected chi connectivity index (χ3v) is 1.60. The average molecular weight is 209 g/mol. The van der Waals surface area contributed by atoms with Gasteiger partial charge in [0.2, 0.25) is 0 Å². The SMILES string of the molecule is CC(C)OC(=O)OCCCCCCl. The molecule has 0 spiro atoms. The monoisotopic (exact) mass is 208 g/mol. The average Bonchev–Trinajstić information content (AvgIpc) is 2.02. The molecule has 0 aliphatic rings. The first-order chi connectivity index (χ1) is 6.16. The van der Waals surface area contributed by atoms with E-state index in [1.165, 1.54) is 0 Å². The Balaban J connectivity index is 3.17. The Bertz CT molecular complexity index is 137. The van der Waals surface area contributed by atoms with Crippen molar-refractivity contribution in [2.75, 3.05) is 12.5 Å². The van der Waals surface area contributed by atoms with Crippen LogP contribution >= 0.6 is 11.6 Å². The van der Waals surface area contributed by atoms with Crippen molar-refractivity contribution in [3.05, 3.63) is 0 Å². The molecule has 78 valence electrons. The Morgan fingerprint density at radius 1 is 1.31 bits per heavy atom. The molecule has 0 heterocycles. The molecule has 0 aliphatic carbocycles. The Kier molecular flexibility index (Phi) is 7.90. The first kappa shape index (κ1) is 12.6. The van der Waals surface area contributed by atoms with Crippen LogP contribution in [-0.4, -0.2) is 24.7 Å². The summed E-state index contributed by atoms with van der Waals surface area (Å²) in [4.78, 5) is 10.8. The maximum absolute atomic E-state index is 10.8. The van der Waals surface area contributed by atoms with Crippen LogP contribution < -0.4 is 0 Å². The third kappa shape index (κ3) is 9.47. The van der Waals surface area contributed by atoms with Gasteiger partial charge in [0.05, 0.1) is 12.7 Å². The van der Waals surface area contributed by atoms with Gasteiger partial charge in [-0.1, -0.05) is 0 Å². The van der Waals surface area contributed by atoms with Gasteiger partial charge in [0.25, 0.3) is 0 Å². The second-order valence-electron chi connectivity index (χ2n) is 3.01. The normalized spacial score (nSPS) is 10.2. The highest BCUT2D eigenvalue weighted by Crippen LogP contribution is 1.99. The van der Waals surface area contributed by atoms with E-state index in [2.05, 4.69) is 0 Å². The number of alkyl halides is 1. The topological polar surface area (TPSA) is 35.5 Å². The molecule has 0 aromatic carbocycles. The van der Waals surface area contributed by atoms with Crippen LogP contribution in [0, 0.1) is 0 Å². The van der Waals surface area contributed by atoms with Crippen LogP contribution in [0.15, 0.2) is 0 Å². The molecule has 3 nitrogen and oxygen atoms in total. The maximum Gasteiger partial charge on any atom is 0.508 e. The first-order valence-electron chi connectivity index (χ1n) is 4.56. The molecule has 0 amide bonds. The number of unbranched alkanes of at least 4 members (excludes halogenated alkanes) is 2. The zero-order chi connectivity index (χ0) is 10.1. The Morgan fingerprint density at radius 2 is 2.00 bits per heavy atom. The largest absolute Gasteiger partial charge is 0.508 e. The van der Waals surface area contributed by atoms with Crippen LogP contribution in [0.4, 0.5) is 4.79 Å². The van der Waals surface area contributed by atoms with E-state index in [1.807, 2.05) is 0 Å². The highest BCUT2D eigenvalue weighted by atomic mass is 35.5. The molecule has 0 rings (SSSR count). The summed E-state index contributed by atoms with van der Waals surface area (Å²) in [5.41, 5.74) is 0. The number of carbonyl (C=O) groups is 1. The summed E-state index contributed by atoms with van der Waals surface area (Å²) >= 11 is 5.48. The van der Waals surface area contributed by atoms with Crippen molar-refractivity contribution in [2.24, 2.45) is 0 Å². The molecule has 13 heavy (non-hydrogen) atoms. The van der Waals surface area contributed by atoms with Gasteiger partial charge in [0.15, 0.2) is 0 Å². The summed E-state index contributed by atoms with van der Waals surface area (Å²) in [6.45, 7) is 3.99. The fourth-order valence-corrected chi connectivity index (χ4v) is 0.944. The highest BCUT2D eigenvalue weighted by Gasteiger charge is 2.04. The van der Waals surface area contributed by atoms with Crippen LogP contribution in [-0.2, 0) is 9.47 Å². The summed E-state index contributed by atoms with van der Waals surface area (Å²) in [6.07, 6.45) is 2.10. The van der Waals surface area contributed by atoms with E-state index in [9.17, 15) is 4.79 Å². The fourth-order valence-electron chi connectivity index (χ4n) is 0.755. The quantitative estimate of drug-likeness (QED) is 0.383. The summed E-state index contributed by atoms with van der Waals surface area (Å²) in [6, 6.07) is 0. The zero-order valence-electron chi connectivity index (χ0n) is 8.22. The lowest BCUT2D eigenvalue weighted by Crippen LogP contribution is -2.13. The van der Waals surface area contributed by atoms with E-state index in [0.29, 0.717) is 12.5 Å².